The molecule has 62 valence electrons. The number of rotatable bonds is 0. The van der Waals surface area contributed by atoms with E-state index in [4.69, 9.17) is 0 Å². The number of nitrogens with one attached hydrogen (secondary N) is 2. The molecule has 2 N–H and O–H groups in total. The van der Waals surface area contributed by atoms with Gasteiger partial charge >= 0.3 is 0 Å². The van der Waals surface area contributed by atoms with Crippen LogP contribution in [0.2, 0.25) is 0 Å². The SMILES string of the molecule is O=C1CC2CNCCCC2N1. The third-order valence-corrected chi connectivity index (χ3v) is 2.64. The second-order valence-corrected chi connectivity index (χ2v) is 3.48. The lowest BCUT2D eigenvalue weighted by Gasteiger charge is -2.13. The van der Waals surface area contributed by atoms with Gasteiger partial charge in [-0.3, -0.25) is 4.79 Å². The van der Waals surface area contributed by atoms with Crippen LogP contribution in [0.1, 0.15) is 19.3 Å². The first-order valence-electron chi connectivity index (χ1n) is 4.36. The van der Waals surface area contributed by atoms with Crippen molar-refractivity contribution in [3.05, 3.63) is 0 Å². The monoisotopic (exact) mass is 154 g/mol. The molecule has 3 heteroatoms. The number of amides is 1. The Hall–Kier alpha value is -0.570. The van der Waals surface area contributed by atoms with Gasteiger partial charge in [0.15, 0.2) is 0 Å². The fraction of sp³-hybridized carbons (Fsp3) is 0.875. The second-order valence-electron chi connectivity index (χ2n) is 3.48. The lowest BCUT2D eigenvalue weighted by Crippen LogP contribution is -2.30. The van der Waals surface area contributed by atoms with Gasteiger partial charge in [0.05, 0.1) is 0 Å². The standard InChI is InChI=1S/C8H14N2O/c11-8-4-6-5-9-3-1-2-7(6)10-8/h6-7,9H,1-5H2,(H,10,11). The summed E-state index contributed by atoms with van der Waals surface area (Å²) < 4.78 is 0. The minimum atomic E-state index is 0.240. The molecule has 0 bridgehead atoms. The van der Waals surface area contributed by atoms with E-state index in [-0.39, 0.29) is 5.91 Å². The largest absolute Gasteiger partial charge is 0.353 e. The van der Waals surface area contributed by atoms with Crippen LogP contribution in [-0.4, -0.2) is 25.0 Å². The molecule has 0 aromatic heterocycles. The minimum absolute atomic E-state index is 0.240. The summed E-state index contributed by atoms with van der Waals surface area (Å²) >= 11 is 0. The fourth-order valence-corrected chi connectivity index (χ4v) is 2.02. The van der Waals surface area contributed by atoms with Crippen LogP contribution in [0.25, 0.3) is 0 Å². The Kier molecular flexibility index (Phi) is 1.82. The predicted octanol–water partition coefficient (Wildman–Crippen LogP) is -0.126. The fourth-order valence-electron chi connectivity index (χ4n) is 2.02. The van der Waals surface area contributed by atoms with Crippen LogP contribution in [0.3, 0.4) is 0 Å². The molecular formula is C8H14N2O. The van der Waals surface area contributed by atoms with Crippen LogP contribution in [0, 0.1) is 5.92 Å². The Morgan fingerprint density at radius 3 is 3.27 bits per heavy atom. The molecule has 1 amide bonds. The summed E-state index contributed by atoms with van der Waals surface area (Å²) in [6.45, 7) is 2.13. The van der Waals surface area contributed by atoms with Crippen LogP contribution < -0.4 is 10.6 Å². The highest BCUT2D eigenvalue weighted by Gasteiger charge is 2.32. The summed E-state index contributed by atoms with van der Waals surface area (Å²) in [5, 5.41) is 6.36. The molecule has 2 rings (SSSR count). The van der Waals surface area contributed by atoms with Gasteiger partial charge < -0.3 is 10.6 Å². The molecule has 0 aromatic rings. The highest BCUT2D eigenvalue weighted by atomic mass is 16.2. The van der Waals surface area contributed by atoms with E-state index in [1.807, 2.05) is 0 Å². The molecule has 11 heavy (non-hydrogen) atoms. The van der Waals surface area contributed by atoms with Crippen molar-refractivity contribution >= 4 is 5.91 Å². The van der Waals surface area contributed by atoms with E-state index in [1.54, 1.807) is 0 Å². The van der Waals surface area contributed by atoms with Crippen LogP contribution in [0.5, 0.6) is 0 Å². The summed E-state index contributed by atoms with van der Waals surface area (Å²) in [6, 6.07) is 0.470. The number of hydrogen-bond acceptors (Lipinski definition) is 2. The minimum Gasteiger partial charge on any atom is -0.353 e. The maximum absolute atomic E-state index is 11.0. The summed E-state index contributed by atoms with van der Waals surface area (Å²) in [6.07, 6.45) is 3.09. The average molecular weight is 154 g/mol. The number of fused-ring (bicyclic) bond motifs is 1. The van der Waals surface area contributed by atoms with Gasteiger partial charge in [-0.1, -0.05) is 0 Å². The van der Waals surface area contributed by atoms with Crippen LogP contribution in [0.4, 0.5) is 0 Å². The zero-order valence-electron chi connectivity index (χ0n) is 6.60. The smallest absolute Gasteiger partial charge is 0.220 e. The molecule has 2 saturated heterocycles. The molecule has 0 aromatic carbocycles. The predicted molar refractivity (Wildman–Crippen MR) is 42.1 cm³/mol. The van der Waals surface area contributed by atoms with E-state index < -0.39 is 0 Å². The van der Waals surface area contributed by atoms with Gasteiger partial charge in [0.2, 0.25) is 5.91 Å². The summed E-state index contributed by atoms with van der Waals surface area (Å²) in [5.74, 6) is 0.800. The molecule has 0 radical (unpaired) electrons. The molecule has 0 saturated carbocycles. The quantitative estimate of drug-likeness (QED) is 0.510. The molecule has 2 unspecified atom stereocenters. The van der Waals surface area contributed by atoms with Gasteiger partial charge in [-0.2, -0.15) is 0 Å². The summed E-state index contributed by atoms with van der Waals surface area (Å²) in [4.78, 5) is 11.0. The van der Waals surface area contributed by atoms with Crippen molar-refractivity contribution in [2.45, 2.75) is 25.3 Å². The van der Waals surface area contributed by atoms with Gasteiger partial charge in [-0.15, -0.1) is 0 Å². The second kappa shape index (κ2) is 2.81. The third-order valence-electron chi connectivity index (χ3n) is 2.64. The average Bonchev–Trinajstić information content (AvgIpc) is 2.17. The van der Waals surface area contributed by atoms with Crippen LogP contribution >= 0.6 is 0 Å². The van der Waals surface area contributed by atoms with Crippen molar-refractivity contribution < 1.29 is 4.79 Å². The van der Waals surface area contributed by atoms with Crippen molar-refractivity contribution in [1.82, 2.24) is 10.6 Å². The number of carbonyl (C=O) groups is 1. The van der Waals surface area contributed by atoms with Crippen molar-refractivity contribution in [2.24, 2.45) is 5.92 Å². The van der Waals surface area contributed by atoms with Crippen molar-refractivity contribution in [2.75, 3.05) is 13.1 Å². The molecular weight excluding hydrogens is 140 g/mol. The highest BCUT2D eigenvalue weighted by Crippen LogP contribution is 2.21. The van der Waals surface area contributed by atoms with Gasteiger partial charge in [-0.05, 0) is 19.4 Å². The maximum Gasteiger partial charge on any atom is 0.220 e. The molecule has 3 nitrogen and oxygen atoms in total. The third kappa shape index (κ3) is 1.38. The van der Waals surface area contributed by atoms with Crippen LogP contribution in [-0.2, 0) is 4.79 Å². The Labute approximate surface area is 66.5 Å². The topological polar surface area (TPSA) is 41.1 Å². The first kappa shape index (κ1) is 7.10. The van der Waals surface area contributed by atoms with E-state index >= 15 is 0 Å². The van der Waals surface area contributed by atoms with Crippen molar-refractivity contribution in [1.29, 1.82) is 0 Å². The first-order chi connectivity index (χ1) is 5.36. The van der Waals surface area contributed by atoms with Gasteiger partial charge in [-0.25, -0.2) is 0 Å². The van der Waals surface area contributed by atoms with E-state index in [1.165, 1.54) is 6.42 Å². The Morgan fingerprint density at radius 1 is 1.45 bits per heavy atom. The van der Waals surface area contributed by atoms with E-state index in [9.17, 15) is 4.79 Å². The summed E-state index contributed by atoms with van der Waals surface area (Å²) in [7, 11) is 0. The molecule has 2 aliphatic heterocycles. The van der Waals surface area contributed by atoms with E-state index in [0.29, 0.717) is 12.0 Å². The zero-order valence-corrected chi connectivity index (χ0v) is 6.60. The molecule has 0 aliphatic carbocycles. The Bertz CT molecular complexity index is 153. The molecule has 0 spiro atoms. The lowest BCUT2D eigenvalue weighted by molar-refractivity contribution is -0.119. The Morgan fingerprint density at radius 2 is 2.36 bits per heavy atom. The van der Waals surface area contributed by atoms with Gasteiger partial charge in [0.25, 0.3) is 0 Å². The van der Waals surface area contributed by atoms with Crippen molar-refractivity contribution in [3.8, 4) is 0 Å². The highest BCUT2D eigenvalue weighted by molar-refractivity contribution is 5.79. The normalized spacial score (nSPS) is 37.6. The lowest BCUT2D eigenvalue weighted by atomic mass is 9.99. The van der Waals surface area contributed by atoms with Gasteiger partial charge in [0.1, 0.15) is 0 Å². The number of carbonyl (C=O) groups excluding carboxylic acids is 1. The zero-order chi connectivity index (χ0) is 7.68. The van der Waals surface area contributed by atoms with Crippen molar-refractivity contribution in [3.63, 3.8) is 0 Å². The maximum atomic E-state index is 11.0. The van der Waals surface area contributed by atoms with E-state index in [0.717, 1.165) is 25.9 Å². The number of hydrogen-bond donors (Lipinski definition) is 2. The first-order valence-corrected chi connectivity index (χ1v) is 4.36. The van der Waals surface area contributed by atoms with Gasteiger partial charge in [0, 0.05) is 24.9 Å². The van der Waals surface area contributed by atoms with E-state index in [2.05, 4.69) is 10.6 Å². The summed E-state index contributed by atoms with van der Waals surface area (Å²) in [5.41, 5.74) is 0. The molecule has 2 aliphatic rings. The van der Waals surface area contributed by atoms with Crippen LogP contribution in [0.15, 0.2) is 0 Å². The molecule has 2 atom stereocenters. The Balaban J connectivity index is 2.01. The molecule has 2 heterocycles. The molecule has 2 fully saturated rings.